The van der Waals surface area contributed by atoms with Gasteiger partial charge in [-0.2, -0.15) is 10.2 Å². The molecule has 0 saturated carbocycles. The zero-order valence-corrected chi connectivity index (χ0v) is 16.8. The van der Waals surface area contributed by atoms with Crippen LogP contribution < -0.4 is 16.7 Å². The quantitative estimate of drug-likeness (QED) is 0.372. The molecule has 28 heavy (non-hydrogen) atoms. The van der Waals surface area contributed by atoms with Crippen molar-refractivity contribution in [2.45, 2.75) is 0 Å². The summed E-state index contributed by atoms with van der Waals surface area (Å²) in [5.74, 6) is 0.154. The SMILES string of the molecule is Cn1c(N/N=C\c2ccc(Br)cc2)c(N=Nc2ccccc2)c(=O)n(C)c1=O. The first-order chi connectivity index (χ1) is 13.5. The Morgan fingerprint density at radius 2 is 1.61 bits per heavy atom. The molecule has 0 aliphatic rings. The van der Waals surface area contributed by atoms with Crippen molar-refractivity contribution >= 4 is 39.3 Å². The van der Waals surface area contributed by atoms with Gasteiger partial charge in [0.2, 0.25) is 0 Å². The molecule has 0 aliphatic heterocycles. The summed E-state index contributed by atoms with van der Waals surface area (Å²) in [6.07, 6.45) is 1.58. The standard InChI is InChI=1S/C19H17BrN6O2/c1-25-17(24-21-12-13-8-10-14(20)11-9-13)16(18(27)26(2)19(25)28)23-22-15-6-4-3-5-7-15/h3-12,24H,1-2H3/b21-12-,23-22?. The summed E-state index contributed by atoms with van der Waals surface area (Å²) in [5, 5.41) is 12.3. The van der Waals surface area contributed by atoms with E-state index >= 15 is 0 Å². The molecule has 142 valence electrons. The Morgan fingerprint density at radius 3 is 2.29 bits per heavy atom. The van der Waals surface area contributed by atoms with Crippen LogP contribution in [0, 0.1) is 0 Å². The number of hydrogen-bond donors (Lipinski definition) is 1. The molecule has 1 heterocycles. The molecule has 9 heteroatoms. The van der Waals surface area contributed by atoms with Crippen molar-refractivity contribution in [3.63, 3.8) is 0 Å². The molecule has 3 aromatic rings. The molecule has 2 aromatic carbocycles. The Kier molecular flexibility index (Phi) is 5.95. The summed E-state index contributed by atoms with van der Waals surface area (Å²) in [6.45, 7) is 0. The van der Waals surface area contributed by atoms with Gasteiger partial charge in [0.1, 0.15) is 0 Å². The third-order valence-electron chi connectivity index (χ3n) is 3.92. The van der Waals surface area contributed by atoms with Crippen LogP contribution in [-0.4, -0.2) is 15.3 Å². The second kappa shape index (κ2) is 8.57. The van der Waals surface area contributed by atoms with E-state index in [-0.39, 0.29) is 11.5 Å². The van der Waals surface area contributed by atoms with Crippen LogP contribution in [0.4, 0.5) is 17.2 Å². The lowest BCUT2D eigenvalue weighted by atomic mass is 10.2. The molecule has 0 radical (unpaired) electrons. The van der Waals surface area contributed by atoms with E-state index in [1.807, 2.05) is 42.5 Å². The van der Waals surface area contributed by atoms with Crippen molar-refractivity contribution in [1.82, 2.24) is 9.13 Å². The largest absolute Gasteiger partial charge is 0.332 e. The molecule has 0 amide bonds. The highest BCUT2D eigenvalue weighted by molar-refractivity contribution is 9.10. The average molecular weight is 441 g/mol. The maximum absolute atomic E-state index is 12.6. The molecule has 1 N–H and O–H groups in total. The van der Waals surface area contributed by atoms with E-state index < -0.39 is 11.2 Å². The maximum Gasteiger partial charge on any atom is 0.332 e. The van der Waals surface area contributed by atoms with E-state index in [4.69, 9.17) is 0 Å². The second-order valence-corrected chi connectivity index (χ2v) is 6.78. The van der Waals surface area contributed by atoms with E-state index in [1.54, 1.807) is 18.3 Å². The number of nitrogens with one attached hydrogen (secondary N) is 1. The number of nitrogens with zero attached hydrogens (tertiary/aromatic N) is 5. The molecular formula is C19H17BrN6O2. The van der Waals surface area contributed by atoms with E-state index in [0.29, 0.717) is 5.69 Å². The Labute approximate surface area is 169 Å². The average Bonchev–Trinajstić information content (AvgIpc) is 2.72. The van der Waals surface area contributed by atoms with Crippen molar-refractivity contribution < 1.29 is 0 Å². The first-order valence-electron chi connectivity index (χ1n) is 8.29. The predicted octanol–water partition coefficient (Wildman–Crippen LogP) is 3.71. The highest BCUT2D eigenvalue weighted by Gasteiger charge is 2.15. The number of anilines is 1. The Hall–Kier alpha value is -3.33. The maximum atomic E-state index is 12.6. The lowest BCUT2D eigenvalue weighted by molar-refractivity contribution is 0.690. The van der Waals surface area contributed by atoms with Gasteiger partial charge in [-0.3, -0.25) is 19.4 Å². The molecule has 8 nitrogen and oxygen atoms in total. The number of aromatic nitrogens is 2. The first-order valence-corrected chi connectivity index (χ1v) is 9.08. The Bertz CT molecular complexity index is 1150. The number of rotatable bonds is 5. The minimum atomic E-state index is -0.566. The van der Waals surface area contributed by atoms with Crippen molar-refractivity contribution in [1.29, 1.82) is 0 Å². The Balaban J connectivity index is 1.99. The Morgan fingerprint density at radius 1 is 0.929 bits per heavy atom. The molecule has 0 bridgehead atoms. The van der Waals surface area contributed by atoms with Crippen LogP contribution in [0.15, 0.2) is 84.0 Å². The van der Waals surface area contributed by atoms with Gasteiger partial charge in [-0.05, 0) is 29.8 Å². The molecule has 0 unspecified atom stereocenters. The summed E-state index contributed by atoms with van der Waals surface area (Å²) in [7, 11) is 2.92. The van der Waals surface area contributed by atoms with Gasteiger partial charge in [0, 0.05) is 18.6 Å². The normalized spacial score (nSPS) is 11.4. The number of hydrogen-bond acceptors (Lipinski definition) is 6. The van der Waals surface area contributed by atoms with Crippen molar-refractivity contribution in [2.75, 3.05) is 5.43 Å². The zero-order valence-electron chi connectivity index (χ0n) is 15.2. The third-order valence-corrected chi connectivity index (χ3v) is 4.45. The third kappa shape index (κ3) is 4.32. The van der Waals surface area contributed by atoms with Gasteiger partial charge in [-0.1, -0.05) is 46.3 Å². The van der Waals surface area contributed by atoms with Crippen LogP contribution in [0.1, 0.15) is 5.56 Å². The van der Waals surface area contributed by atoms with E-state index in [2.05, 4.69) is 36.7 Å². The van der Waals surface area contributed by atoms with Crippen LogP contribution in [0.2, 0.25) is 0 Å². The second-order valence-electron chi connectivity index (χ2n) is 5.86. The van der Waals surface area contributed by atoms with Crippen LogP contribution in [0.25, 0.3) is 0 Å². The highest BCUT2D eigenvalue weighted by atomic mass is 79.9. The van der Waals surface area contributed by atoms with Crippen molar-refractivity contribution in [3.05, 3.63) is 85.5 Å². The van der Waals surface area contributed by atoms with Gasteiger partial charge in [-0.15, -0.1) is 5.11 Å². The van der Waals surface area contributed by atoms with Crippen LogP contribution in [-0.2, 0) is 14.1 Å². The fraction of sp³-hybridized carbons (Fsp3) is 0.105. The van der Waals surface area contributed by atoms with Gasteiger partial charge in [0.05, 0.1) is 11.9 Å². The number of benzene rings is 2. The van der Waals surface area contributed by atoms with Crippen molar-refractivity contribution in [3.8, 4) is 0 Å². The fourth-order valence-electron chi connectivity index (χ4n) is 2.36. The van der Waals surface area contributed by atoms with Gasteiger partial charge < -0.3 is 0 Å². The smallest absolute Gasteiger partial charge is 0.280 e. The lowest BCUT2D eigenvalue weighted by Gasteiger charge is -2.11. The summed E-state index contributed by atoms with van der Waals surface area (Å²) >= 11 is 3.37. The molecule has 0 saturated heterocycles. The number of hydrazone groups is 1. The summed E-state index contributed by atoms with van der Waals surface area (Å²) in [5.41, 5.74) is 3.10. The number of halogens is 1. The van der Waals surface area contributed by atoms with Crippen LogP contribution in [0.5, 0.6) is 0 Å². The molecule has 3 rings (SSSR count). The van der Waals surface area contributed by atoms with Crippen LogP contribution in [0.3, 0.4) is 0 Å². The van der Waals surface area contributed by atoms with E-state index in [0.717, 1.165) is 14.6 Å². The van der Waals surface area contributed by atoms with Gasteiger partial charge >= 0.3 is 5.69 Å². The minimum Gasteiger partial charge on any atom is -0.280 e. The first kappa shape index (κ1) is 19.4. The highest BCUT2D eigenvalue weighted by Crippen LogP contribution is 2.21. The summed E-state index contributed by atoms with van der Waals surface area (Å²) < 4.78 is 3.19. The molecule has 0 aliphatic carbocycles. The van der Waals surface area contributed by atoms with E-state index in [1.165, 1.54) is 18.7 Å². The molecule has 0 atom stereocenters. The molecular weight excluding hydrogens is 424 g/mol. The predicted molar refractivity (Wildman–Crippen MR) is 113 cm³/mol. The topological polar surface area (TPSA) is 93.1 Å². The fourth-order valence-corrected chi connectivity index (χ4v) is 2.63. The van der Waals surface area contributed by atoms with Gasteiger partial charge in [-0.25, -0.2) is 4.79 Å². The summed E-state index contributed by atoms with van der Waals surface area (Å²) in [6, 6.07) is 16.5. The minimum absolute atomic E-state index is 0.0126. The molecule has 0 fully saturated rings. The van der Waals surface area contributed by atoms with Crippen molar-refractivity contribution in [2.24, 2.45) is 29.4 Å². The zero-order chi connectivity index (χ0) is 20.1. The number of azo groups is 1. The molecule has 1 aromatic heterocycles. The van der Waals surface area contributed by atoms with E-state index in [9.17, 15) is 9.59 Å². The van der Waals surface area contributed by atoms with Gasteiger partial charge in [0.25, 0.3) is 5.56 Å². The lowest BCUT2D eigenvalue weighted by Crippen LogP contribution is -2.37. The summed E-state index contributed by atoms with van der Waals surface area (Å²) in [4.78, 5) is 24.8. The monoisotopic (exact) mass is 440 g/mol. The molecule has 0 spiro atoms. The van der Waals surface area contributed by atoms with Gasteiger partial charge in [0.15, 0.2) is 11.5 Å². The van der Waals surface area contributed by atoms with Crippen LogP contribution >= 0.6 is 15.9 Å².